The number of aliphatic imine (C=N–C) groups is 1. The number of carbonyl (C=O) groups excluding carboxylic acids is 1. The Kier molecular flexibility index (Phi) is 4.17. The lowest BCUT2D eigenvalue weighted by Crippen LogP contribution is -2.30. The molecule has 7 heteroatoms. The van der Waals surface area contributed by atoms with E-state index in [1.807, 2.05) is 12.3 Å². The summed E-state index contributed by atoms with van der Waals surface area (Å²) in [4.78, 5) is 20.3. The Labute approximate surface area is 138 Å². The number of aldehydes is 1. The number of thiazole rings is 1. The highest BCUT2D eigenvalue weighted by Gasteiger charge is 2.26. The van der Waals surface area contributed by atoms with Gasteiger partial charge >= 0.3 is 0 Å². The van der Waals surface area contributed by atoms with Crippen LogP contribution in [0.4, 0.5) is 4.39 Å². The molecule has 3 rings (SSSR count). The average Bonchev–Trinajstić information content (AvgIpc) is 3.00. The molecule has 1 aliphatic heterocycles. The summed E-state index contributed by atoms with van der Waals surface area (Å²) >= 11 is 4.80. The molecule has 0 fully saturated rings. The topological polar surface area (TPSA) is 54.4 Å². The fourth-order valence-electron chi connectivity index (χ4n) is 2.25. The quantitative estimate of drug-likeness (QED) is 0.828. The fourth-order valence-corrected chi connectivity index (χ4v) is 3.40. The van der Waals surface area contributed by atoms with Crippen LogP contribution in [0, 0.1) is 5.82 Å². The molecule has 1 N–H and O–H groups in total. The molecule has 0 saturated carbocycles. The standard InChI is InChI=1S/C15H11BrFN3OS/c1-8-11(7-21)13(10-3-2-9(17)6-12(10)16)20-14(19-8)15-18-4-5-22-15/h2-7,13H,1H3,(H,19,20). The van der Waals surface area contributed by atoms with Gasteiger partial charge in [0.05, 0.1) is 0 Å². The van der Waals surface area contributed by atoms with Gasteiger partial charge in [0.1, 0.15) is 18.1 Å². The van der Waals surface area contributed by atoms with Crippen molar-refractivity contribution in [2.24, 2.45) is 4.99 Å². The first kappa shape index (κ1) is 15.1. The number of allylic oxidation sites excluding steroid dienone is 1. The van der Waals surface area contributed by atoms with Crippen molar-refractivity contribution in [3.63, 3.8) is 0 Å². The third-order valence-corrected chi connectivity index (χ3v) is 4.78. The van der Waals surface area contributed by atoms with Crippen LogP contribution in [0.15, 0.2) is 50.5 Å². The van der Waals surface area contributed by atoms with Gasteiger partial charge in [-0.1, -0.05) is 22.0 Å². The third-order valence-electron chi connectivity index (χ3n) is 3.31. The van der Waals surface area contributed by atoms with E-state index in [1.165, 1.54) is 23.5 Å². The molecule has 0 spiro atoms. The molecule has 4 nitrogen and oxygen atoms in total. The Hall–Kier alpha value is -1.86. The molecule has 0 bridgehead atoms. The van der Waals surface area contributed by atoms with Crippen molar-refractivity contribution in [1.82, 2.24) is 10.3 Å². The number of hydrogen-bond acceptors (Lipinski definition) is 5. The van der Waals surface area contributed by atoms with E-state index in [9.17, 15) is 9.18 Å². The minimum Gasteiger partial charge on any atom is -0.341 e. The molecule has 1 atom stereocenters. The number of rotatable bonds is 3. The molecule has 0 amide bonds. The van der Waals surface area contributed by atoms with E-state index in [1.54, 1.807) is 12.3 Å². The summed E-state index contributed by atoms with van der Waals surface area (Å²) < 4.78 is 13.9. The summed E-state index contributed by atoms with van der Waals surface area (Å²) in [6, 6.07) is 3.87. The van der Waals surface area contributed by atoms with E-state index in [-0.39, 0.29) is 5.82 Å². The monoisotopic (exact) mass is 379 g/mol. The van der Waals surface area contributed by atoms with E-state index in [4.69, 9.17) is 0 Å². The molecule has 0 saturated heterocycles. The van der Waals surface area contributed by atoms with Crippen LogP contribution in [0.2, 0.25) is 0 Å². The number of aromatic nitrogens is 1. The molecule has 1 aromatic carbocycles. The average molecular weight is 380 g/mol. The van der Waals surface area contributed by atoms with Gasteiger partial charge in [0.25, 0.3) is 0 Å². The molecular formula is C15H11BrFN3OS. The molecule has 2 heterocycles. The number of amidine groups is 1. The van der Waals surface area contributed by atoms with Crippen LogP contribution < -0.4 is 5.32 Å². The summed E-state index contributed by atoms with van der Waals surface area (Å²) in [6.07, 6.45) is 2.48. The first-order valence-electron chi connectivity index (χ1n) is 6.45. The van der Waals surface area contributed by atoms with Gasteiger partial charge in [-0.3, -0.25) is 9.79 Å². The van der Waals surface area contributed by atoms with Crippen molar-refractivity contribution in [3.8, 4) is 0 Å². The number of carbonyl (C=O) groups is 1. The van der Waals surface area contributed by atoms with Gasteiger partial charge in [-0.15, -0.1) is 11.3 Å². The normalized spacial score (nSPS) is 18.0. The Morgan fingerprint density at radius 1 is 1.45 bits per heavy atom. The largest absolute Gasteiger partial charge is 0.341 e. The lowest BCUT2D eigenvalue weighted by molar-refractivity contribution is -0.105. The van der Waals surface area contributed by atoms with Crippen LogP contribution in [0.25, 0.3) is 0 Å². The molecule has 1 aliphatic rings. The second kappa shape index (κ2) is 6.10. The van der Waals surface area contributed by atoms with E-state index in [0.717, 1.165) is 22.6 Å². The number of halogens is 2. The fraction of sp³-hybridized carbons (Fsp3) is 0.133. The van der Waals surface area contributed by atoms with Gasteiger partial charge in [-0.25, -0.2) is 9.37 Å². The number of nitrogens with zero attached hydrogens (tertiary/aromatic N) is 2. The molecule has 1 unspecified atom stereocenters. The predicted octanol–water partition coefficient (Wildman–Crippen LogP) is 3.61. The van der Waals surface area contributed by atoms with Gasteiger partial charge in [0.15, 0.2) is 10.8 Å². The maximum Gasteiger partial charge on any atom is 0.163 e. The van der Waals surface area contributed by atoms with Crippen LogP contribution in [-0.4, -0.2) is 17.1 Å². The van der Waals surface area contributed by atoms with Crippen LogP contribution in [0.3, 0.4) is 0 Å². The predicted molar refractivity (Wildman–Crippen MR) is 87.4 cm³/mol. The summed E-state index contributed by atoms with van der Waals surface area (Å²) in [5, 5.41) is 5.71. The van der Waals surface area contributed by atoms with E-state index < -0.39 is 6.04 Å². The van der Waals surface area contributed by atoms with Crippen LogP contribution in [0.1, 0.15) is 23.5 Å². The minimum atomic E-state index is -0.493. The Morgan fingerprint density at radius 3 is 2.91 bits per heavy atom. The van der Waals surface area contributed by atoms with Crippen LogP contribution >= 0.6 is 27.3 Å². The van der Waals surface area contributed by atoms with E-state index in [0.29, 0.717) is 15.9 Å². The first-order valence-corrected chi connectivity index (χ1v) is 8.13. The van der Waals surface area contributed by atoms with Crippen molar-refractivity contribution in [2.75, 3.05) is 0 Å². The van der Waals surface area contributed by atoms with Crippen molar-refractivity contribution in [2.45, 2.75) is 13.0 Å². The maximum atomic E-state index is 13.3. The lowest BCUT2D eigenvalue weighted by atomic mass is 9.97. The van der Waals surface area contributed by atoms with Gasteiger partial charge in [-0.2, -0.15) is 0 Å². The molecule has 0 aliphatic carbocycles. The zero-order chi connectivity index (χ0) is 15.7. The van der Waals surface area contributed by atoms with Gasteiger partial charge in [0.2, 0.25) is 0 Å². The zero-order valence-corrected chi connectivity index (χ0v) is 13.9. The SMILES string of the molecule is CC1=C(C=O)C(c2ccc(F)cc2Br)N=C(c2nccs2)N1. The molecular weight excluding hydrogens is 369 g/mol. The summed E-state index contributed by atoms with van der Waals surface area (Å²) in [5.74, 6) is 0.265. The van der Waals surface area contributed by atoms with Crippen LogP contribution in [0.5, 0.6) is 0 Å². The third kappa shape index (κ3) is 2.74. The summed E-state index contributed by atoms with van der Waals surface area (Å²) in [5.41, 5.74) is 1.97. The zero-order valence-electron chi connectivity index (χ0n) is 11.5. The molecule has 0 radical (unpaired) electrons. The number of benzene rings is 1. The second-order valence-electron chi connectivity index (χ2n) is 4.71. The van der Waals surface area contributed by atoms with Gasteiger partial charge < -0.3 is 5.32 Å². The molecule has 112 valence electrons. The molecule has 2 aromatic rings. The summed E-state index contributed by atoms with van der Waals surface area (Å²) in [7, 11) is 0. The minimum absolute atomic E-state index is 0.345. The van der Waals surface area contributed by atoms with Crippen molar-refractivity contribution < 1.29 is 9.18 Å². The number of nitrogens with one attached hydrogen (secondary N) is 1. The summed E-state index contributed by atoms with van der Waals surface area (Å²) in [6.45, 7) is 1.82. The van der Waals surface area contributed by atoms with E-state index in [2.05, 4.69) is 31.2 Å². The smallest absolute Gasteiger partial charge is 0.163 e. The van der Waals surface area contributed by atoms with Gasteiger partial charge in [0, 0.05) is 27.3 Å². The lowest BCUT2D eigenvalue weighted by Gasteiger charge is -2.24. The number of hydrogen-bond donors (Lipinski definition) is 1. The van der Waals surface area contributed by atoms with Crippen LogP contribution in [-0.2, 0) is 4.79 Å². The highest BCUT2D eigenvalue weighted by Crippen LogP contribution is 2.34. The molecule has 1 aromatic heterocycles. The van der Waals surface area contributed by atoms with Crippen molar-refractivity contribution in [3.05, 3.63) is 61.9 Å². The van der Waals surface area contributed by atoms with Crippen molar-refractivity contribution >= 4 is 39.4 Å². The van der Waals surface area contributed by atoms with Gasteiger partial charge in [-0.05, 0) is 24.6 Å². The second-order valence-corrected chi connectivity index (χ2v) is 6.46. The molecule has 22 heavy (non-hydrogen) atoms. The van der Waals surface area contributed by atoms with Crippen molar-refractivity contribution in [1.29, 1.82) is 0 Å². The first-order chi connectivity index (χ1) is 10.6. The maximum absolute atomic E-state index is 13.3. The Bertz CT molecular complexity index is 786. The Morgan fingerprint density at radius 2 is 2.27 bits per heavy atom. The van der Waals surface area contributed by atoms with E-state index >= 15 is 0 Å². The highest BCUT2D eigenvalue weighted by molar-refractivity contribution is 9.10. The highest BCUT2D eigenvalue weighted by atomic mass is 79.9. The Balaban J connectivity index is 2.11.